The molecule has 4 rings (SSSR count). The zero-order valence-corrected chi connectivity index (χ0v) is 14.3. The van der Waals surface area contributed by atoms with Gasteiger partial charge in [-0.1, -0.05) is 25.0 Å². The molecule has 0 spiro atoms. The molecule has 2 heterocycles. The van der Waals surface area contributed by atoms with Crippen LogP contribution in [0.2, 0.25) is 0 Å². The number of likely N-dealkylation sites (N-methyl/N-ethyl adjacent to an activating group) is 1. The van der Waals surface area contributed by atoms with Gasteiger partial charge in [0, 0.05) is 31.9 Å². The molecule has 1 fully saturated rings. The molecule has 0 aliphatic heterocycles. The maximum absolute atomic E-state index is 4.47. The largest absolute Gasteiger partial charge is 0.330 e. The average Bonchev–Trinajstić information content (AvgIpc) is 3.33. The molecule has 0 saturated heterocycles. The maximum Gasteiger partial charge on any atom is 0.0958 e. The van der Waals surface area contributed by atoms with Crippen LogP contribution < -0.4 is 0 Å². The van der Waals surface area contributed by atoms with E-state index in [1.807, 2.05) is 24.9 Å². The van der Waals surface area contributed by atoms with E-state index >= 15 is 0 Å². The van der Waals surface area contributed by atoms with Crippen molar-refractivity contribution in [2.24, 2.45) is 0 Å². The van der Waals surface area contributed by atoms with Crippen LogP contribution in [-0.2, 0) is 13.1 Å². The Morgan fingerprint density at radius 2 is 2.00 bits per heavy atom. The van der Waals surface area contributed by atoms with Crippen LogP contribution in [0.5, 0.6) is 0 Å². The Morgan fingerprint density at radius 1 is 1.17 bits per heavy atom. The molecule has 0 unspecified atom stereocenters. The van der Waals surface area contributed by atoms with Crippen molar-refractivity contribution in [3.8, 4) is 0 Å². The van der Waals surface area contributed by atoms with Crippen LogP contribution in [0.3, 0.4) is 0 Å². The normalized spacial score (nSPS) is 15.8. The van der Waals surface area contributed by atoms with Gasteiger partial charge in [-0.2, -0.15) is 0 Å². The van der Waals surface area contributed by atoms with Gasteiger partial charge in [-0.15, -0.1) is 0 Å². The fourth-order valence-corrected chi connectivity index (χ4v) is 3.79. The number of nitrogens with zero attached hydrogens (tertiary/aromatic N) is 5. The van der Waals surface area contributed by atoms with E-state index in [9.17, 15) is 0 Å². The van der Waals surface area contributed by atoms with Crippen molar-refractivity contribution in [1.82, 2.24) is 24.0 Å². The molecule has 0 radical (unpaired) electrons. The number of imidazole rings is 2. The van der Waals surface area contributed by atoms with E-state index in [1.165, 1.54) is 36.9 Å². The Labute approximate surface area is 142 Å². The minimum atomic E-state index is 0.661. The molecule has 5 nitrogen and oxygen atoms in total. The third-order valence-electron chi connectivity index (χ3n) is 5.15. The molecule has 5 heteroatoms. The molecule has 1 aliphatic rings. The summed E-state index contributed by atoms with van der Waals surface area (Å²) < 4.78 is 4.64. The quantitative estimate of drug-likeness (QED) is 0.697. The van der Waals surface area contributed by atoms with E-state index in [4.69, 9.17) is 0 Å². The summed E-state index contributed by atoms with van der Waals surface area (Å²) in [5.41, 5.74) is 3.61. The second kappa shape index (κ2) is 6.77. The predicted molar refractivity (Wildman–Crippen MR) is 95.8 cm³/mol. The highest BCUT2D eigenvalue weighted by atomic mass is 15.2. The summed E-state index contributed by atoms with van der Waals surface area (Å²) in [6, 6.07) is 8.97. The third-order valence-corrected chi connectivity index (χ3v) is 5.15. The second-order valence-electron chi connectivity index (χ2n) is 6.89. The van der Waals surface area contributed by atoms with Gasteiger partial charge in [-0.05, 0) is 32.0 Å². The van der Waals surface area contributed by atoms with E-state index < -0.39 is 0 Å². The molecule has 0 N–H and O–H groups in total. The van der Waals surface area contributed by atoms with Crippen molar-refractivity contribution < 1.29 is 0 Å². The zero-order chi connectivity index (χ0) is 16.4. The van der Waals surface area contributed by atoms with Gasteiger partial charge in [0.05, 0.1) is 29.4 Å². The molecule has 2 aromatic heterocycles. The fraction of sp³-hybridized carbons (Fsp3) is 0.474. The number of benzene rings is 1. The molecule has 1 saturated carbocycles. The smallest absolute Gasteiger partial charge is 0.0958 e. The zero-order valence-electron chi connectivity index (χ0n) is 14.3. The highest BCUT2D eigenvalue weighted by Gasteiger charge is 2.19. The Morgan fingerprint density at radius 3 is 2.88 bits per heavy atom. The van der Waals surface area contributed by atoms with Crippen LogP contribution in [-0.4, -0.2) is 37.6 Å². The first-order chi connectivity index (χ1) is 11.8. The molecule has 0 atom stereocenters. The van der Waals surface area contributed by atoms with E-state index in [0.29, 0.717) is 6.04 Å². The van der Waals surface area contributed by atoms with Crippen LogP contribution in [0, 0.1) is 0 Å². The molecule has 24 heavy (non-hydrogen) atoms. The SMILES string of the molecule is CN(CCn1cnc2ccccc21)Cc1cncn1C1CCCC1. The molecular formula is C19H25N5. The number of aromatic nitrogens is 4. The maximum atomic E-state index is 4.47. The van der Waals surface area contributed by atoms with Crippen molar-refractivity contribution in [3.63, 3.8) is 0 Å². The van der Waals surface area contributed by atoms with Crippen molar-refractivity contribution in [3.05, 3.63) is 48.8 Å². The van der Waals surface area contributed by atoms with Crippen molar-refractivity contribution in [2.75, 3.05) is 13.6 Å². The summed E-state index contributed by atoms with van der Waals surface area (Å²) in [5, 5.41) is 0. The highest BCUT2D eigenvalue weighted by Crippen LogP contribution is 2.30. The molecule has 126 valence electrons. The molecule has 3 aromatic rings. The fourth-order valence-electron chi connectivity index (χ4n) is 3.79. The van der Waals surface area contributed by atoms with Crippen LogP contribution in [0.25, 0.3) is 11.0 Å². The van der Waals surface area contributed by atoms with Crippen molar-refractivity contribution in [2.45, 2.75) is 44.8 Å². The van der Waals surface area contributed by atoms with Crippen LogP contribution in [0.4, 0.5) is 0 Å². The Hall–Kier alpha value is -2.14. The van der Waals surface area contributed by atoms with E-state index in [0.717, 1.165) is 25.2 Å². The summed E-state index contributed by atoms with van der Waals surface area (Å²) >= 11 is 0. The summed E-state index contributed by atoms with van der Waals surface area (Å²) in [6.07, 6.45) is 11.3. The first-order valence-electron chi connectivity index (χ1n) is 8.90. The summed E-state index contributed by atoms with van der Waals surface area (Å²) in [6.45, 7) is 2.90. The van der Waals surface area contributed by atoms with E-state index in [2.05, 4.69) is 49.2 Å². The van der Waals surface area contributed by atoms with Gasteiger partial charge >= 0.3 is 0 Å². The first-order valence-corrected chi connectivity index (χ1v) is 8.90. The average molecular weight is 323 g/mol. The van der Waals surface area contributed by atoms with E-state index in [-0.39, 0.29) is 0 Å². The minimum absolute atomic E-state index is 0.661. The van der Waals surface area contributed by atoms with Gasteiger partial charge in [-0.25, -0.2) is 9.97 Å². The van der Waals surface area contributed by atoms with Gasteiger partial charge in [0.15, 0.2) is 0 Å². The number of rotatable bonds is 6. The van der Waals surface area contributed by atoms with Gasteiger partial charge < -0.3 is 9.13 Å². The molecule has 1 aromatic carbocycles. The van der Waals surface area contributed by atoms with Crippen LogP contribution in [0.15, 0.2) is 43.1 Å². The number of para-hydroxylation sites is 2. The lowest BCUT2D eigenvalue weighted by Crippen LogP contribution is -2.24. The summed E-state index contributed by atoms with van der Waals surface area (Å²) in [5.74, 6) is 0. The highest BCUT2D eigenvalue weighted by molar-refractivity contribution is 5.74. The van der Waals surface area contributed by atoms with Crippen molar-refractivity contribution in [1.29, 1.82) is 0 Å². The van der Waals surface area contributed by atoms with Gasteiger partial charge in [0.1, 0.15) is 0 Å². The standard InChI is InChI=1S/C19H25N5/c1-22(10-11-23-15-21-18-8-4-5-9-19(18)23)13-17-12-20-14-24(17)16-6-2-3-7-16/h4-5,8-9,12,14-16H,2-3,6-7,10-11,13H2,1H3. The Bertz CT molecular complexity index is 797. The summed E-state index contributed by atoms with van der Waals surface area (Å²) in [7, 11) is 2.19. The van der Waals surface area contributed by atoms with E-state index in [1.54, 1.807) is 0 Å². The topological polar surface area (TPSA) is 38.9 Å². The first kappa shape index (κ1) is 15.4. The lowest BCUT2D eigenvalue weighted by Gasteiger charge is -2.20. The number of hydrogen-bond acceptors (Lipinski definition) is 3. The number of hydrogen-bond donors (Lipinski definition) is 0. The van der Waals surface area contributed by atoms with Gasteiger partial charge in [0.25, 0.3) is 0 Å². The Kier molecular flexibility index (Phi) is 4.34. The molecular weight excluding hydrogens is 298 g/mol. The molecule has 0 amide bonds. The van der Waals surface area contributed by atoms with Crippen LogP contribution >= 0.6 is 0 Å². The summed E-state index contributed by atoms with van der Waals surface area (Å²) in [4.78, 5) is 11.2. The van der Waals surface area contributed by atoms with Gasteiger partial charge in [0.2, 0.25) is 0 Å². The minimum Gasteiger partial charge on any atom is -0.330 e. The Balaban J connectivity index is 1.39. The van der Waals surface area contributed by atoms with Gasteiger partial charge in [-0.3, -0.25) is 4.90 Å². The molecule has 1 aliphatic carbocycles. The lowest BCUT2D eigenvalue weighted by atomic mass is 10.2. The molecule has 0 bridgehead atoms. The third kappa shape index (κ3) is 3.08. The van der Waals surface area contributed by atoms with Crippen molar-refractivity contribution >= 4 is 11.0 Å². The lowest BCUT2D eigenvalue weighted by molar-refractivity contribution is 0.300. The van der Waals surface area contributed by atoms with Crippen LogP contribution in [0.1, 0.15) is 37.4 Å². The second-order valence-corrected chi connectivity index (χ2v) is 6.89. The number of fused-ring (bicyclic) bond motifs is 1. The predicted octanol–water partition coefficient (Wildman–Crippen LogP) is 3.48. The monoisotopic (exact) mass is 323 g/mol.